The molecule has 1 aromatic heterocycles. The molecule has 37 heavy (non-hydrogen) atoms. The molecule has 0 saturated carbocycles. The molecule has 2 heterocycles. The second-order valence-corrected chi connectivity index (χ2v) is 10.2. The van der Waals surface area contributed by atoms with Crippen LogP contribution in [0.5, 0.6) is 0 Å². The monoisotopic (exact) mass is 534 g/mol. The highest BCUT2D eigenvalue weighted by molar-refractivity contribution is 7.89. The Kier molecular flexibility index (Phi) is 10.9. The van der Waals surface area contributed by atoms with E-state index in [9.17, 15) is 18.3 Å². The molecule has 4 N–H and O–H groups in total. The fraction of sp³-hybridized carbons (Fsp3) is 0.500. The summed E-state index contributed by atoms with van der Waals surface area (Å²) in [6.45, 7) is 3.75. The third kappa shape index (κ3) is 8.01. The van der Waals surface area contributed by atoms with Gasteiger partial charge in [0, 0.05) is 50.4 Å². The molecular formula is C24H34N6O6S. The number of sulfonamides is 1. The zero-order chi connectivity index (χ0) is 26.7. The van der Waals surface area contributed by atoms with E-state index in [0.29, 0.717) is 64.2 Å². The summed E-state index contributed by atoms with van der Waals surface area (Å²) in [5.74, 6) is -0.0404. The number of rotatable bonds is 13. The molecule has 1 aromatic carbocycles. The summed E-state index contributed by atoms with van der Waals surface area (Å²) < 4.78 is 32.3. The van der Waals surface area contributed by atoms with Crippen molar-refractivity contribution in [2.24, 2.45) is 4.99 Å². The quantitative estimate of drug-likeness (QED) is 0.221. The number of amides is 1. The molecule has 1 fully saturated rings. The van der Waals surface area contributed by atoms with Gasteiger partial charge in [-0.2, -0.15) is 9.29 Å². The Morgan fingerprint density at radius 3 is 2.49 bits per heavy atom. The second-order valence-electron chi connectivity index (χ2n) is 8.29. The molecule has 1 amide bonds. The van der Waals surface area contributed by atoms with Crippen molar-refractivity contribution in [2.45, 2.75) is 37.5 Å². The van der Waals surface area contributed by atoms with Gasteiger partial charge in [-0.25, -0.2) is 18.4 Å². The van der Waals surface area contributed by atoms with Crippen molar-refractivity contribution >= 4 is 39.1 Å². The Hall–Kier alpha value is -2.97. The zero-order valence-corrected chi connectivity index (χ0v) is 21.7. The molecule has 0 aliphatic carbocycles. The highest BCUT2D eigenvalue weighted by Gasteiger charge is 2.26. The second kappa shape index (κ2) is 14.1. The highest BCUT2D eigenvalue weighted by Crippen LogP contribution is 2.23. The number of hydrogen-bond donors (Lipinski definition) is 4. The van der Waals surface area contributed by atoms with Crippen LogP contribution in [0, 0.1) is 0 Å². The van der Waals surface area contributed by atoms with Crippen LogP contribution in [0.4, 0.5) is 17.5 Å². The highest BCUT2D eigenvalue weighted by atomic mass is 32.2. The number of aliphatic hydroxyl groups is 2. The van der Waals surface area contributed by atoms with Gasteiger partial charge < -0.3 is 25.6 Å². The summed E-state index contributed by atoms with van der Waals surface area (Å²) in [5.41, 5.74) is 1.33. The molecule has 0 radical (unpaired) electrons. The number of carbonyl (C=O) groups is 1. The van der Waals surface area contributed by atoms with E-state index in [2.05, 4.69) is 25.6 Å². The Morgan fingerprint density at radius 1 is 1.14 bits per heavy atom. The summed E-state index contributed by atoms with van der Waals surface area (Å²) >= 11 is 0. The van der Waals surface area contributed by atoms with Crippen LogP contribution in [0.3, 0.4) is 0 Å². The summed E-state index contributed by atoms with van der Waals surface area (Å²) in [4.78, 5) is 26.4. The summed E-state index contributed by atoms with van der Waals surface area (Å²) in [6.07, 6.45) is 3.61. The number of anilines is 2. The van der Waals surface area contributed by atoms with Crippen molar-refractivity contribution in [3.05, 3.63) is 36.0 Å². The first-order valence-electron chi connectivity index (χ1n) is 12.3. The fourth-order valence-electron chi connectivity index (χ4n) is 3.57. The molecule has 2 aromatic rings. The van der Waals surface area contributed by atoms with E-state index in [1.807, 2.05) is 6.92 Å². The van der Waals surface area contributed by atoms with Crippen molar-refractivity contribution in [3.63, 3.8) is 0 Å². The molecule has 0 atom stereocenters. The predicted octanol–water partition coefficient (Wildman–Crippen LogP) is 1.80. The number of benzene rings is 1. The van der Waals surface area contributed by atoms with Gasteiger partial charge in [-0.1, -0.05) is 6.92 Å². The Morgan fingerprint density at radius 2 is 1.84 bits per heavy atom. The summed E-state index contributed by atoms with van der Waals surface area (Å²) in [6, 6.07) is 5.96. The van der Waals surface area contributed by atoms with Crippen LogP contribution in [0.25, 0.3) is 0 Å². The molecule has 13 heteroatoms. The average Bonchev–Trinajstić information content (AvgIpc) is 2.92. The molecule has 202 valence electrons. The molecule has 1 saturated heterocycles. The Balaban J connectivity index is 1.81. The molecule has 1 aliphatic rings. The SMILES string of the molecule is CCC(CCCO)=Nc1nc(NCCCO)ncc1C(=O)Nc1ccc(S(=O)(=O)N2CCOCC2)cc1. The first kappa shape index (κ1) is 28.6. The lowest BCUT2D eigenvalue weighted by Crippen LogP contribution is -2.40. The van der Waals surface area contributed by atoms with E-state index in [1.165, 1.54) is 34.8 Å². The number of hydrogen-bond acceptors (Lipinski definition) is 10. The fourth-order valence-corrected chi connectivity index (χ4v) is 4.98. The minimum absolute atomic E-state index is 0.0200. The smallest absolute Gasteiger partial charge is 0.261 e. The van der Waals surface area contributed by atoms with Crippen molar-refractivity contribution < 1.29 is 28.2 Å². The number of ether oxygens (including phenoxy) is 1. The van der Waals surface area contributed by atoms with Crippen LogP contribution in [-0.2, 0) is 14.8 Å². The Labute approximate surface area is 216 Å². The van der Waals surface area contributed by atoms with E-state index in [1.54, 1.807) is 0 Å². The van der Waals surface area contributed by atoms with Gasteiger partial charge in [0.2, 0.25) is 16.0 Å². The maximum Gasteiger partial charge on any atom is 0.261 e. The predicted molar refractivity (Wildman–Crippen MR) is 140 cm³/mol. The van der Waals surface area contributed by atoms with Crippen LogP contribution in [-0.4, -0.2) is 90.6 Å². The number of aromatic nitrogens is 2. The third-order valence-electron chi connectivity index (χ3n) is 5.65. The normalized spacial score (nSPS) is 14.9. The van der Waals surface area contributed by atoms with E-state index in [4.69, 9.17) is 9.84 Å². The molecular weight excluding hydrogens is 500 g/mol. The standard InChI is InChI=1S/C24H34N6O6S/c1-2-18(5-3-13-31)27-22-21(17-26-24(29-22)25-10-4-14-32)23(33)28-19-6-8-20(9-7-19)37(34,35)30-11-15-36-16-12-30/h6-9,17,31-32H,2-5,10-16H2,1H3,(H,28,33)(H,25,26,29). The maximum atomic E-state index is 13.1. The number of morpholine rings is 1. The maximum absolute atomic E-state index is 13.1. The van der Waals surface area contributed by atoms with Gasteiger partial charge in [-0.05, 0) is 49.9 Å². The lowest BCUT2D eigenvalue weighted by molar-refractivity contribution is 0.0730. The van der Waals surface area contributed by atoms with Gasteiger partial charge in [0.25, 0.3) is 5.91 Å². The van der Waals surface area contributed by atoms with Crippen LogP contribution in [0.1, 0.15) is 43.0 Å². The van der Waals surface area contributed by atoms with Gasteiger partial charge in [-0.3, -0.25) is 4.79 Å². The van der Waals surface area contributed by atoms with Crippen molar-refractivity contribution in [3.8, 4) is 0 Å². The number of aliphatic hydroxyl groups excluding tert-OH is 2. The van der Waals surface area contributed by atoms with Crippen LogP contribution in [0.2, 0.25) is 0 Å². The lowest BCUT2D eigenvalue weighted by atomic mass is 10.1. The van der Waals surface area contributed by atoms with Crippen LogP contribution >= 0.6 is 0 Å². The lowest BCUT2D eigenvalue weighted by Gasteiger charge is -2.26. The van der Waals surface area contributed by atoms with Crippen LogP contribution < -0.4 is 10.6 Å². The summed E-state index contributed by atoms with van der Waals surface area (Å²) in [7, 11) is -3.64. The van der Waals surface area contributed by atoms with E-state index in [0.717, 1.165) is 5.71 Å². The number of nitrogens with zero attached hydrogens (tertiary/aromatic N) is 4. The largest absolute Gasteiger partial charge is 0.396 e. The minimum Gasteiger partial charge on any atom is -0.396 e. The molecule has 1 aliphatic heterocycles. The molecule has 0 spiro atoms. The molecule has 0 unspecified atom stereocenters. The molecule has 12 nitrogen and oxygen atoms in total. The van der Waals surface area contributed by atoms with E-state index in [-0.39, 0.29) is 35.4 Å². The van der Waals surface area contributed by atoms with Gasteiger partial charge in [0.05, 0.1) is 18.1 Å². The van der Waals surface area contributed by atoms with Gasteiger partial charge >= 0.3 is 0 Å². The first-order chi connectivity index (χ1) is 17.9. The van der Waals surface area contributed by atoms with E-state index >= 15 is 0 Å². The van der Waals surface area contributed by atoms with Gasteiger partial charge in [0.1, 0.15) is 5.56 Å². The average molecular weight is 535 g/mol. The van der Waals surface area contributed by atoms with Gasteiger partial charge in [0.15, 0.2) is 5.82 Å². The topological polar surface area (TPSA) is 166 Å². The molecule has 3 rings (SSSR count). The van der Waals surface area contributed by atoms with E-state index < -0.39 is 15.9 Å². The van der Waals surface area contributed by atoms with Crippen LogP contribution in [0.15, 0.2) is 40.4 Å². The van der Waals surface area contributed by atoms with Crippen molar-refractivity contribution in [2.75, 3.05) is 56.7 Å². The van der Waals surface area contributed by atoms with Crippen molar-refractivity contribution in [1.29, 1.82) is 0 Å². The first-order valence-corrected chi connectivity index (χ1v) is 13.7. The zero-order valence-electron chi connectivity index (χ0n) is 20.9. The Bertz CT molecular complexity index is 1170. The third-order valence-corrected chi connectivity index (χ3v) is 7.56. The number of nitrogens with one attached hydrogen (secondary N) is 2. The number of carbonyl (C=O) groups excluding carboxylic acids is 1. The van der Waals surface area contributed by atoms with Crippen molar-refractivity contribution in [1.82, 2.24) is 14.3 Å². The summed E-state index contributed by atoms with van der Waals surface area (Å²) in [5, 5.41) is 23.9. The van der Waals surface area contributed by atoms with Gasteiger partial charge in [-0.15, -0.1) is 0 Å². The minimum atomic E-state index is -3.64. The molecule has 0 bridgehead atoms. The number of aliphatic imine (C=N–C) groups is 1.